The zero-order chi connectivity index (χ0) is 13.4. The van der Waals surface area contributed by atoms with Gasteiger partial charge in [-0.05, 0) is 29.7 Å². The molecule has 0 N–H and O–H groups in total. The van der Waals surface area contributed by atoms with E-state index in [4.69, 9.17) is 0 Å². The van der Waals surface area contributed by atoms with Crippen LogP contribution in [-0.2, 0) is 6.42 Å². The third-order valence-electron chi connectivity index (χ3n) is 3.41. The second-order valence-corrected chi connectivity index (χ2v) is 4.71. The highest BCUT2D eigenvalue weighted by molar-refractivity contribution is 6.21. The van der Waals surface area contributed by atoms with Crippen LogP contribution in [0.25, 0.3) is 0 Å². The molecule has 0 saturated heterocycles. The SMILES string of the molecule is CN1C(=O)c2ccc(Cc3ccccc3)cc2C1=O. The van der Waals surface area contributed by atoms with Crippen LogP contribution in [0.5, 0.6) is 0 Å². The molecule has 0 fully saturated rings. The maximum atomic E-state index is 11.9. The van der Waals surface area contributed by atoms with Crippen LogP contribution in [0.3, 0.4) is 0 Å². The van der Waals surface area contributed by atoms with E-state index >= 15 is 0 Å². The first-order valence-electron chi connectivity index (χ1n) is 6.16. The van der Waals surface area contributed by atoms with Crippen molar-refractivity contribution < 1.29 is 9.59 Å². The lowest BCUT2D eigenvalue weighted by atomic mass is 10.0. The summed E-state index contributed by atoms with van der Waals surface area (Å²) in [4.78, 5) is 24.9. The van der Waals surface area contributed by atoms with Crippen LogP contribution >= 0.6 is 0 Å². The zero-order valence-electron chi connectivity index (χ0n) is 10.6. The number of fused-ring (bicyclic) bond motifs is 1. The molecule has 2 aromatic carbocycles. The van der Waals surface area contributed by atoms with E-state index in [1.807, 2.05) is 42.5 Å². The molecular formula is C16H13NO2. The first kappa shape index (κ1) is 11.7. The summed E-state index contributed by atoms with van der Waals surface area (Å²) in [6, 6.07) is 15.5. The predicted octanol–water partition coefficient (Wildman–Crippen LogP) is 2.50. The van der Waals surface area contributed by atoms with Gasteiger partial charge in [0.25, 0.3) is 11.8 Å². The Bertz CT molecular complexity index is 662. The molecule has 3 rings (SSSR count). The maximum Gasteiger partial charge on any atom is 0.261 e. The van der Waals surface area contributed by atoms with Crippen LogP contribution in [0.2, 0.25) is 0 Å². The minimum Gasteiger partial charge on any atom is -0.277 e. The molecular weight excluding hydrogens is 238 g/mol. The fourth-order valence-corrected chi connectivity index (χ4v) is 2.35. The molecule has 1 heterocycles. The van der Waals surface area contributed by atoms with Crippen molar-refractivity contribution >= 4 is 11.8 Å². The summed E-state index contributed by atoms with van der Waals surface area (Å²) in [6.07, 6.45) is 0.763. The lowest BCUT2D eigenvalue weighted by Gasteiger charge is -2.03. The second kappa shape index (κ2) is 4.35. The van der Waals surface area contributed by atoms with Crippen LogP contribution in [0.4, 0.5) is 0 Å². The van der Waals surface area contributed by atoms with Gasteiger partial charge in [0.05, 0.1) is 11.1 Å². The van der Waals surface area contributed by atoms with E-state index in [-0.39, 0.29) is 11.8 Å². The Morgan fingerprint density at radius 3 is 2.26 bits per heavy atom. The zero-order valence-corrected chi connectivity index (χ0v) is 10.6. The average Bonchev–Trinajstić information content (AvgIpc) is 2.65. The monoisotopic (exact) mass is 251 g/mol. The molecule has 1 aliphatic heterocycles. The molecule has 19 heavy (non-hydrogen) atoms. The summed E-state index contributed by atoms with van der Waals surface area (Å²) in [5.74, 6) is -0.429. The molecule has 0 saturated carbocycles. The standard InChI is InChI=1S/C16H13NO2/c1-17-15(18)13-8-7-12(10-14(13)16(17)19)9-11-5-3-2-4-6-11/h2-8,10H,9H2,1H3. The van der Waals surface area contributed by atoms with Crippen LogP contribution in [-0.4, -0.2) is 23.8 Å². The first-order chi connectivity index (χ1) is 9.16. The quantitative estimate of drug-likeness (QED) is 0.769. The highest BCUT2D eigenvalue weighted by atomic mass is 16.2. The van der Waals surface area contributed by atoms with E-state index in [0.29, 0.717) is 11.1 Å². The number of hydrogen-bond acceptors (Lipinski definition) is 2. The molecule has 94 valence electrons. The number of hydrogen-bond donors (Lipinski definition) is 0. The molecule has 0 spiro atoms. The summed E-state index contributed by atoms with van der Waals surface area (Å²) in [6.45, 7) is 0. The van der Waals surface area contributed by atoms with E-state index in [0.717, 1.165) is 16.9 Å². The second-order valence-electron chi connectivity index (χ2n) is 4.71. The van der Waals surface area contributed by atoms with E-state index in [2.05, 4.69) is 0 Å². The lowest BCUT2D eigenvalue weighted by Crippen LogP contribution is -2.24. The van der Waals surface area contributed by atoms with Crippen molar-refractivity contribution in [1.82, 2.24) is 4.90 Å². The number of nitrogens with zero attached hydrogens (tertiary/aromatic N) is 1. The smallest absolute Gasteiger partial charge is 0.261 e. The van der Waals surface area contributed by atoms with Gasteiger partial charge in [-0.25, -0.2) is 0 Å². The van der Waals surface area contributed by atoms with Crippen molar-refractivity contribution in [2.45, 2.75) is 6.42 Å². The van der Waals surface area contributed by atoms with Crippen molar-refractivity contribution in [2.75, 3.05) is 7.05 Å². The number of carbonyl (C=O) groups excluding carboxylic acids is 2. The summed E-state index contributed by atoms with van der Waals surface area (Å²) in [7, 11) is 1.52. The van der Waals surface area contributed by atoms with Gasteiger partial charge in [0.2, 0.25) is 0 Å². The normalized spacial score (nSPS) is 13.8. The highest BCUT2D eigenvalue weighted by Gasteiger charge is 2.32. The molecule has 0 atom stereocenters. The Morgan fingerprint density at radius 2 is 1.53 bits per heavy atom. The number of rotatable bonds is 2. The van der Waals surface area contributed by atoms with Gasteiger partial charge >= 0.3 is 0 Å². The van der Waals surface area contributed by atoms with Crippen molar-refractivity contribution in [2.24, 2.45) is 0 Å². The summed E-state index contributed by atoms with van der Waals surface area (Å²) < 4.78 is 0. The van der Waals surface area contributed by atoms with Gasteiger partial charge in [-0.2, -0.15) is 0 Å². The van der Waals surface area contributed by atoms with Crippen LogP contribution in [0.1, 0.15) is 31.8 Å². The number of carbonyl (C=O) groups is 2. The highest BCUT2D eigenvalue weighted by Crippen LogP contribution is 2.23. The molecule has 3 nitrogen and oxygen atoms in total. The topological polar surface area (TPSA) is 37.4 Å². The molecule has 0 aliphatic carbocycles. The van der Waals surface area contributed by atoms with Crippen molar-refractivity contribution in [3.63, 3.8) is 0 Å². The van der Waals surface area contributed by atoms with Gasteiger partial charge in [0, 0.05) is 7.05 Å². The number of benzene rings is 2. The van der Waals surface area contributed by atoms with Crippen LogP contribution < -0.4 is 0 Å². The van der Waals surface area contributed by atoms with Crippen molar-refractivity contribution in [3.05, 3.63) is 70.8 Å². The van der Waals surface area contributed by atoms with Crippen molar-refractivity contribution in [1.29, 1.82) is 0 Å². The summed E-state index contributed by atoms with van der Waals surface area (Å²) in [5, 5.41) is 0. The molecule has 2 amide bonds. The predicted molar refractivity (Wildman–Crippen MR) is 72.1 cm³/mol. The van der Waals surface area contributed by atoms with E-state index in [1.165, 1.54) is 12.6 Å². The largest absolute Gasteiger partial charge is 0.277 e. The van der Waals surface area contributed by atoms with Gasteiger partial charge in [0.15, 0.2) is 0 Å². The Balaban J connectivity index is 1.95. The average molecular weight is 251 g/mol. The Kier molecular flexibility index (Phi) is 2.67. The lowest BCUT2D eigenvalue weighted by molar-refractivity contribution is 0.0693. The van der Waals surface area contributed by atoms with Gasteiger partial charge in [-0.3, -0.25) is 14.5 Å². The first-order valence-corrected chi connectivity index (χ1v) is 6.16. The Morgan fingerprint density at radius 1 is 0.842 bits per heavy atom. The third kappa shape index (κ3) is 1.93. The molecule has 0 aromatic heterocycles. The summed E-state index contributed by atoms with van der Waals surface area (Å²) >= 11 is 0. The van der Waals surface area contributed by atoms with Gasteiger partial charge in [-0.1, -0.05) is 36.4 Å². The van der Waals surface area contributed by atoms with E-state index < -0.39 is 0 Å². The van der Waals surface area contributed by atoms with Gasteiger partial charge in [-0.15, -0.1) is 0 Å². The molecule has 2 aromatic rings. The van der Waals surface area contributed by atoms with E-state index in [9.17, 15) is 9.59 Å². The fraction of sp³-hybridized carbons (Fsp3) is 0.125. The van der Waals surface area contributed by atoms with Crippen molar-refractivity contribution in [3.8, 4) is 0 Å². The molecule has 0 bridgehead atoms. The maximum absolute atomic E-state index is 11.9. The Labute approximate surface area is 111 Å². The van der Waals surface area contributed by atoms with Crippen LogP contribution in [0.15, 0.2) is 48.5 Å². The molecule has 1 aliphatic rings. The van der Waals surface area contributed by atoms with Gasteiger partial charge < -0.3 is 0 Å². The third-order valence-corrected chi connectivity index (χ3v) is 3.41. The van der Waals surface area contributed by atoms with Gasteiger partial charge in [0.1, 0.15) is 0 Å². The number of imide groups is 1. The fourth-order valence-electron chi connectivity index (χ4n) is 2.35. The molecule has 0 unspecified atom stereocenters. The van der Waals surface area contributed by atoms with E-state index in [1.54, 1.807) is 6.07 Å². The minimum atomic E-state index is -0.216. The Hall–Kier alpha value is -2.42. The van der Waals surface area contributed by atoms with Crippen LogP contribution in [0, 0.1) is 0 Å². The molecule has 0 radical (unpaired) electrons. The minimum absolute atomic E-state index is 0.213. The summed E-state index contributed by atoms with van der Waals surface area (Å²) in [5.41, 5.74) is 3.25. The number of amides is 2. The molecule has 3 heteroatoms.